The molecule has 0 saturated carbocycles. The topological polar surface area (TPSA) is 65.6 Å². The number of hydrogen-bond donors (Lipinski definition) is 1. The third-order valence-corrected chi connectivity index (χ3v) is 7.00. The number of carbonyl (C=O) groups is 1. The number of hydrogen-bond acceptors (Lipinski definition) is 4. The van der Waals surface area contributed by atoms with Crippen LogP contribution in [0.25, 0.3) is 10.9 Å². The van der Waals surface area contributed by atoms with Crippen molar-refractivity contribution < 1.29 is 13.9 Å². The molecular weight excluding hydrogens is 361 g/mol. The van der Waals surface area contributed by atoms with Gasteiger partial charge in [0.05, 0.1) is 19.3 Å². The van der Waals surface area contributed by atoms with Crippen LogP contribution in [0.15, 0.2) is 29.1 Å². The highest BCUT2D eigenvalue weighted by Crippen LogP contribution is 2.50. The summed E-state index contributed by atoms with van der Waals surface area (Å²) in [5.41, 5.74) is 0.245. The van der Waals surface area contributed by atoms with Crippen LogP contribution in [-0.4, -0.2) is 66.6 Å². The van der Waals surface area contributed by atoms with Crippen molar-refractivity contribution in [1.29, 1.82) is 0 Å². The van der Waals surface area contributed by atoms with Crippen LogP contribution < -0.4 is 5.56 Å². The van der Waals surface area contributed by atoms with Crippen molar-refractivity contribution in [2.24, 2.45) is 11.3 Å². The van der Waals surface area contributed by atoms with Gasteiger partial charge in [0, 0.05) is 23.4 Å². The SMILES string of the molecule is CN1CCC2(CC1)CN(C(=O)c1cc3cc(F)ccc3[nH]c1=O)[C@@H]1COC[C@@H]12. The Hall–Kier alpha value is -2.25. The van der Waals surface area contributed by atoms with Crippen LogP contribution in [0.4, 0.5) is 4.39 Å². The molecule has 0 aliphatic carbocycles. The molecule has 2 atom stereocenters. The monoisotopic (exact) mass is 385 g/mol. The average Bonchev–Trinajstić information content (AvgIpc) is 3.27. The summed E-state index contributed by atoms with van der Waals surface area (Å²) in [6.07, 6.45) is 2.08. The summed E-state index contributed by atoms with van der Waals surface area (Å²) in [7, 11) is 2.13. The highest BCUT2D eigenvalue weighted by Gasteiger charge is 2.56. The summed E-state index contributed by atoms with van der Waals surface area (Å²) in [4.78, 5) is 32.8. The number of aromatic nitrogens is 1. The predicted octanol–water partition coefficient (Wildman–Crippen LogP) is 1.85. The Labute approximate surface area is 162 Å². The van der Waals surface area contributed by atoms with E-state index in [0.29, 0.717) is 36.6 Å². The fourth-order valence-electron chi connectivity index (χ4n) is 5.32. The fourth-order valence-corrected chi connectivity index (χ4v) is 5.32. The van der Waals surface area contributed by atoms with Crippen molar-refractivity contribution in [1.82, 2.24) is 14.8 Å². The fraction of sp³-hybridized carbons (Fsp3) is 0.524. The minimum Gasteiger partial charge on any atom is -0.379 e. The van der Waals surface area contributed by atoms with Gasteiger partial charge in [0.25, 0.3) is 11.5 Å². The number of halogens is 1. The van der Waals surface area contributed by atoms with E-state index in [1.807, 2.05) is 4.90 Å². The number of amides is 1. The van der Waals surface area contributed by atoms with E-state index in [0.717, 1.165) is 25.9 Å². The van der Waals surface area contributed by atoms with Gasteiger partial charge in [-0.25, -0.2) is 4.39 Å². The molecule has 0 radical (unpaired) electrons. The molecule has 1 spiro atoms. The molecule has 3 saturated heterocycles. The Morgan fingerprint density at radius 3 is 2.82 bits per heavy atom. The number of ether oxygens (including phenoxy) is 1. The Balaban J connectivity index is 1.51. The summed E-state index contributed by atoms with van der Waals surface area (Å²) in [6.45, 7) is 3.90. The molecule has 0 bridgehead atoms. The molecule has 1 N–H and O–H groups in total. The summed E-state index contributed by atoms with van der Waals surface area (Å²) >= 11 is 0. The second-order valence-electron chi connectivity index (χ2n) is 8.55. The van der Waals surface area contributed by atoms with Gasteiger partial charge in [0.15, 0.2) is 0 Å². The van der Waals surface area contributed by atoms with Gasteiger partial charge in [0.1, 0.15) is 11.4 Å². The van der Waals surface area contributed by atoms with Crippen molar-refractivity contribution in [3.05, 3.63) is 46.0 Å². The third kappa shape index (κ3) is 2.68. The van der Waals surface area contributed by atoms with Crippen LogP contribution in [0.5, 0.6) is 0 Å². The largest absolute Gasteiger partial charge is 0.379 e. The van der Waals surface area contributed by atoms with Gasteiger partial charge in [-0.3, -0.25) is 9.59 Å². The summed E-state index contributed by atoms with van der Waals surface area (Å²) < 4.78 is 19.4. The van der Waals surface area contributed by atoms with E-state index in [9.17, 15) is 14.0 Å². The normalized spacial score (nSPS) is 26.9. The zero-order valence-corrected chi connectivity index (χ0v) is 15.9. The summed E-state index contributed by atoms with van der Waals surface area (Å²) in [5.74, 6) is -0.348. The molecule has 1 aromatic heterocycles. The maximum atomic E-state index is 13.6. The molecule has 1 aromatic carbocycles. The number of carbonyl (C=O) groups excluding carboxylic acids is 1. The van der Waals surface area contributed by atoms with Crippen molar-refractivity contribution in [3.63, 3.8) is 0 Å². The number of nitrogens with zero attached hydrogens (tertiary/aromatic N) is 2. The van der Waals surface area contributed by atoms with Crippen LogP contribution in [0.3, 0.4) is 0 Å². The molecule has 3 aliphatic heterocycles. The van der Waals surface area contributed by atoms with E-state index < -0.39 is 11.4 Å². The molecule has 5 rings (SSSR count). The van der Waals surface area contributed by atoms with Gasteiger partial charge < -0.3 is 19.5 Å². The molecule has 4 heterocycles. The summed E-state index contributed by atoms with van der Waals surface area (Å²) in [6, 6.07) is 5.68. The van der Waals surface area contributed by atoms with E-state index >= 15 is 0 Å². The zero-order valence-electron chi connectivity index (χ0n) is 15.9. The molecule has 148 valence electrons. The van der Waals surface area contributed by atoms with E-state index in [1.165, 1.54) is 24.3 Å². The number of nitrogens with one attached hydrogen (secondary N) is 1. The molecule has 3 fully saturated rings. The molecule has 6 nitrogen and oxygen atoms in total. The van der Waals surface area contributed by atoms with E-state index in [-0.39, 0.29) is 22.9 Å². The standard InChI is InChI=1S/C21H24FN3O3/c1-24-6-4-21(5-7-24)12-25(18-11-28-10-16(18)21)20(27)15-9-13-8-14(22)2-3-17(13)23-19(15)26/h2-3,8-9,16,18H,4-7,10-12H2,1H3,(H,23,26)/t16-,18+/m0/s1. The second-order valence-corrected chi connectivity index (χ2v) is 8.55. The number of rotatable bonds is 1. The first-order chi connectivity index (χ1) is 13.5. The van der Waals surface area contributed by atoms with Crippen LogP contribution in [-0.2, 0) is 4.74 Å². The number of likely N-dealkylation sites (tertiary alicyclic amines) is 2. The van der Waals surface area contributed by atoms with Gasteiger partial charge in [-0.1, -0.05) is 0 Å². The molecule has 0 unspecified atom stereocenters. The van der Waals surface area contributed by atoms with E-state index in [2.05, 4.69) is 16.9 Å². The van der Waals surface area contributed by atoms with Gasteiger partial charge in [-0.05, 0) is 62.7 Å². The maximum absolute atomic E-state index is 13.6. The highest BCUT2D eigenvalue weighted by molar-refractivity contribution is 5.97. The van der Waals surface area contributed by atoms with Crippen molar-refractivity contribution in [2.45, 2.75) is 18.9 Å². The Morgan fingerprint density at radius 1 is 1.25 bits per heavy atom. The highest BCUT2D eigenvalue weighted by atomic mass is 19.1. The molecule has 1 amide bonds. The molecular formula is C21H24FN3O3. The quantitative estimate of drug-likeness (QED) is 0.814. The first kappa shape index (κ1) is 17.8. The van der Waals surface area contributed by atoms with E-state index in [4.69, 9.17) is 4.74 Å². The van der Waals surface area contributed by atoms with Crippen LogP contribution in [0.2, 0.25) is 0 Å². The summed E-state index contributed by atoms with van der Waals surface area (Å²) in [5, 5.41) is 0.523. The lowest BCUT2D eigenvalue weighted by Gasteiger charge is -2.40. The van der Waals surface area contributed by atoms with Crippen molar-refractivity contribution in [3.8, 4) is 0 Å². The first-order valence-electron chi connectivity index (χ1n) is 9.87. The second kappa shape index (κ2) is 6.39. The van der Waals surface area contributed by atoms with E-state index in [1.54, 1.807) is 0 Å². The molecule has 3 aliphatic rings. The zero-order chi connectivity index (χ0) is 19.5. The lowest BCUT2D eigenvalue weighted by Crippen LogP contribution is -2.44. The number of pyridine rings is 1. The number of piperidine rings is 1. The van der Waals surface area contributed by atoms with Crippen LogP contribution in [0, 0.1) is 17.2 Å². The van der Waals surface area contributed by atoms with Crippen molar-refractivity contribution >= 4 is 16.8 Å². The van der Waals surface area contributed by atoms with Gasteiger partial charge in [-0.15, -0.1) is 0 Å². The molecule has 7 heteroatoms. The number of fused-ring (bicyclic) bond motifs is 3. The molecule has 28 heavy (non-hydrogen) atoms. The minimum atomic E-state index is -0.427. The Morgan fingerprint density at radius 2 is 2.04 bits per heavy atom. The first-order valence-corrected chi connectivity index (χ1v) is 9.87. The predicted molar refractivity (Wildman–Crippen MR) is 103 cm³/mol. The Bertz CT molecular complexity index is 996. The minimum absolute atomic E-state index is 0.0125. The lowest BCUT2D eigenvalue weighted by atomic mass is 9.70. The van der Waals surface area contributed by atoms with Crippen LogP contribution in [0.1, 0.15) is 23.2 Å². The van der Waals surface area contributed by atoms with Gasteiger partial charge >= 0.3 is 0 Å². The van der Waals surface area contributed by atoms with Gasteiger partial charge in [0.2, 0.25) is 0 Å². The number of aromatic amines is 1. The lowest BCUT2D eigenvalue weighted by molar-refractivity contribution is 0.0497. The third-order valence-electron chi connectivity index (χ3n) is 7.00. The number of benzene rings is 1. The van der Waals surface area contributed by atoms with Crippen LogP contribution >= 0.6 is 0 Å². The maximum Gasteiger partial charge on any atom is 0.261 e. The molecule has 2 aromatic rings. The smallest absolute Gasteiger partial charge is 0.261 e. The van der Waals surface area contributed by atoms with Gasteiger partial charge in [-0.2, -0.15) is 0 Å². The van der Waals surface area contributed by atoms with Crippen molar-refractivity contribution in [2.75, 3.05) is 39.9 Å². The Kier molecular flexibility index (Phi) is 4.07. The average molecular weight is 385 g/mol. The number of H-pyrrole nitrogens is 1.